The lowest BCUT2D eigenvalue weighted by Crippen LogP contribution is -1.89. The van der Waals surface area contributed by atoms with E-state index in [-0.39, 0.29) is 11.1 Å². The molecule has 14 heavy (non-hydrogen) atoms. The molecule has 2 aromatic rings. The molecule has 1 heterocycles. The number of thiophene rings is 1. The molecule has 0 radical (unpaired) electrons. The molecule has 0 aliphatic carbocycles. The largest absolute Gasteiger partial charge is 0.281 e. The molecular weight excluding hydrogens is 225 g/mol. The lowest BCUT2D eigenvalue weighted by Gasteiger charge is -1.96. The number of halogens is 1. The molecular formula is C8H4FNO2S2. The first-order chi connectivity index (χ1) is 6.61. The lowest BCUT2D eigenvalue weighted by molar-refractivity contribution is -0.383. The Morgan fingerprint density at radius 1 is 1.50 bits per heavy atom. The van der Waals surface area contributed by atoms with E-state index >= 15 is 0 Å². The summed E-state index contributed by atoms with van der Waals surface area (Å²) in [6.07, 6.45) is 0. The van der Waals surface area contributed by atoms with E-state index in [4.69, 9.17) is 0 Å². The van der Waals surface area contributed by atoms with Crippen LogP contribution in [-0.4, -0.2) is 4.92 Å². The normalized spacial score (nSPS) is 10.7. The molecule has 0 saturated carbocycles. The minimum absolute atomic E-state index is 0.0486. The second-order valence-electron chi connectivity index (χ2n) is 2.65. The van der Waals surface area contributed by atoms with Crippen molar-refractivity contribution in [3.8, 4) is 0 Å². The quantitative estimate of drug-likeness (QED) is 0.463. The highest BCUT2D eigenvalue weighted by atomic mass is 32.1. The van der Waals surface area contributed by atoms with Crippen molar-refractivity contribution in [1.82, 2.24) is 0 Å². The third kappa shape index (κ3) is 1.27. The van der Waals surface area contributed by atoms with E-state index in [0.29, 0.717) is 9.60 Å². The van der Waals surface area contributed by atoms with Crippen molar-refractivity contribution < 1.29 is 9.31 Å². The lowest BCUT2D eigenvalue weighted by atomic mass is 10.2. The standard InChI is InChI=1S/C8H4FNO2S2/c9-4-3-14-8-6(13)2-1-5(7(4)8)10(11)12/h1-3,13H. The zero-order chi connectivity index (χ0) is 10.3. The van der Waals surface area contributed by atoms with E-state index in [2.05, 4.69) is 12.6 Å². The van der Waals surface area contributed by atoms with Gasteiger partial charge in [0.05, 0.1) is 9.62 Å². The SMILES string of the molecule is O=[N+]([O-])c1ccc(S)c2scc(F)c12. The maximum Gasteiger partial charge on any atom is 0.281 e. The molecule has 0 spiro atoms. The van der Waals surface area contributed by atoms with Gasteiger partial charge in [-0.3, -0.25) is 10.1 Å². The van der Waals surface area contributed by atoms with Crippen LogP contribution in [-0.2, 0) is 0 Å². The highest BCUT2D eigenvalue weighted by molar-refractivity contribution is 7.80. The zero-order valence-corrected chi connectivity index (χ0v) is 8.44. The van der Waals surface area contributed by atoms with Gasteiger partial charge in [-0.25, -0.2) is 4.39 Å². The van der Waals surface area contributed by atoms with E-state index in [1.807, 2.05) is 0 Å². The number of hydrogen-bond acceptors (Lipinski definition) is 4. The van der Waals surface area contributed by atoms with E-state index in [1.165, 1.54) is 17.5 Å². The van der Waals surface area contributed by atoms with Gasteiger partial charge in [-0.15, -0.1) is 24.0 Å². The van der Waals surface area contributed by atoms with Crippen LogP contribution >= 0.6 is 24.0 Å². The van der Waals surface area contributed by atoms with Gasteiger partial charge in [0, 0.05) is 16.3 Å². The van der Waals surface area contributed by atoms with E-state index in [0.717, 1.165) is 11.3 Å². The summed E-state index contributed by atoms with van der Waals surface area (Å²) in [6.45, 7) is 0. The number of non-ortho nitro benzene ring substituents is 1. The number of fused-ring (bicyclic) bond motifs is 1. The molecule has 0 amide bonds. The first kappa shape index (κ1) is 9.42. The predicted octanol–water partition coefficient (Wildman–Crippen LogP) is 3.24. The number of rotatable bonds is 1. The van der Waals surface area contributed by atoms with Crippen LogP contribution in [0.5, 0.6) is 0 Å². The third-order valence-corrected chi connectivity index (χ3v) is 3.34. The number of nitro groups is 1. The fourth-order valence-corrected chi connectivity index (χ4v) is 2.43. The van der Waals surface area contributed by atoms with Gasteiger partial charge in [-0.1, -0.05) is 0 Å². The number of benzene rings is 1. The van der Waals surface area contributed by atoms with Crippen molar-refractivity contribution in [3.63, 3.8) is 0 Å². The summed E-state index contributed by atoms with van der Waals surface area (Å²) in [5, 5.41) is 11.9. The van der Waals surface area contributed by atoms with Crippen LogP contribution in [0.25, 0.3) is 10.1 Å². The molecule has 3 nitrogen and oxygen atoms in total. The predicted molar refractivity (Wildman–Crippen MR) is 55.7 cm³/mol. The number of hydrogen-bond donors (Lipinski definition) is 1. The van der Waals surface area contributed by atoms with Crippen LogP contribution in [0, 0.1) is 15.9 Å². The van der Waals surface area contributed by atoms with Crippen LogP contribution in [0.2, 0.25) is 0 Å². The molecule has 0 atom stereocenters. The maximum atomic E-state index is 13.2. The third-order valence-electron chi connectivity index (χ3n) is 1.83. The van der Waals surface area contributed by atoms with Gasteiger partial charge in [-0.2, -0.15) is 0 Å². The average Bonchev–Trinajstić information content (AvgIpc) is 2.50. The van der Waals surface area contributed by atoms with Crippen molar-refractivity contribution in [1.29, 1.82) is 0 Å². The molecule has 72 valence electrons. The monoisotopic (exact) mass is 229 g/mol. The van der Waals surface area contributed by atoms with Crippen molar-refractivity contribution in [2.24, 2.45) is 0 Å². The van der Waals surface area contributed by atoms with Crippen molar-refractivity contribution in [2.75, 3.05) is 0 Å². The summed E-state index contributed by atoms with van der Waals surface area (Å²) >= 11 is 5.22. The fraction of sp³-hybridized carbons (Fsp3) is 0. The minimum atomic E-state index is -0.592. The molecule has 0 aliphatic rings. The Balaban J connectivity index is 2.92. The molecule has 0 N–H and O–H groups in total. The highest BCUT2D eigenvalue weighted by Crippen LogP contribution is 2.36. The fourth-order valence-electron chi connectivity index (χ4n) is 1.23. The van der Waals surface area contributed by atoms with Gasteiger partial charge in [0.1, 0.15) is 11.2 Å². The summed E-state index contributed by atoms with van der Waals surface area (Å²) in [4.78, 5) is 10.6. The Hall–Kier alpha value is -1.14. The second-order valence-corrected chi connectivity index (χ2v) is 4.01. The summed E-state index contributed by atoms with van der Waals surface area (Å²) in [6, 6.07) is 2.76. The Labute approximate surface area is 87.7 Å². The summed E-state index contributed by atoms with van der Waals surface area (Å²) in [7, 11) is 0. The smallest absolute Gasteiger partial charge is 0.258 e. The van der Waals surface area contributed by atoms with Gasteiger partial charge >= 0.3 is 0 Å². The van der Waals surface area contributed by atoms with E-state index < -0.39 is 10.7 Å². The summed E-state index contributed by atoms with van der Waals surface area (Å²) in [5.41, 5.74) is -0.212. The molecule has 2 rings (SSSR count). The molecule has 1 aromatic heterocycles. The van der Waals surface area contributed by atoms with Gasteiger partial charge in [0.25, 0.3) is 5.69 Å². The van der Waals surface area contributed by atoms with Gasteiger partial charge in [-0.05, 0) is 6.07 Å². The highest BCUT2D eigenvalue weighted by Gasteiger charge is 2.18. The van der Waals surface area contributed by atoms with Crippen molar-refractivity contribution in [2.45, 2.75) is 4.90 Å². The molecule has 0 aliphatic heterocycles. The first-order valence-electron chi connectivity index (χ1n) is 3.64. The van der Waals surface area contributed by atoms with Crippen molar-refractivity contribution >= 4 is 39.7 Å². The Morgan fingerprint density at radius 2 is 2.21 bits per heavy atom. The van der Waals surface area contributed by atoms with Crippen LogP contribution < -0.4 is 0 Å². The van der Waals surface area contributed by atoms with Gasteiger partial charge < -0.3 is 0 Å². The average molecular weight is 229 g/mol. The first-order valence-corrected chi connectivity index (χ1v) is 4.97. The van der Waals surface area contributed by atoms with E-state index in [9.17, 15) is 14.5 Å². The molecule has 0 saturated heterocycles. The summed E-state index contributed by atoms with van der Waals surface area (Å²) in [5.74, 6) is -0.562. The van der Waals surface area contributed by atoms with Gasteiger partial charge in [0.15, 0.2) is 0 Å². The van der Waals surface area contributed by atoms with Crippen molar-refractivity contribution in [3.05, 3.63) is 33.4 Å². The Bertz CT molecular complexity index is 523. The Morgan fingerprint density at radius 3 is 2.86 bits per heavy atom. The van der Waals surface area contributed by atoms with Gasteiger partial charge in [0.2, 0.25) is 0 Å². The maximum absolute atomic E-state index is 13.2. The van der Waals surface area contributed by atoms with Crippen LogP contribution in [0.15, 0.2) is 22.4 Å². The molecule has 6 heteroatoms. The molecule has 1 aromatic carbocycles. The summed E-state index contributed by atoms with van der Waals surface area (Å²) < 4.78 is 13.7. The number of nitro benzene ring substituents is 1. The van der Waals surface area contributed by atoms with Crippen LogP contribution in [0.3, 0.4) is 0 Å². The minimum Gasteiger partial charge on any atom is -0.258 e. The van der Waals surface area contributed by atoms with Crippen LogP contribution in [0.4, 0.5) is 10.1 Å². The second kappa shape index (κ2) is 3.21. The van der Waals surface area contributed by atoms with Crippen LogP contribution in [0.1, 0.15) is 0 Å². The molecule has 0 bridgehead atoms. The zero-order valence-electron chi connectivity index (χ0n) is 6.73. The Kier molecular flexibility index (Phi) is 2.16. The molecule has 0 unspecified atom stereocenters. The number of nitrogens with zero attached hydrogens (tertiary/aromatic N) is 1. The topological polar surface area (TPSA) is 43.1 Å². The number of thiol groups is 1. The van der Waals surface area contributed by atoms with E-state index in [1.54, 1.807) is 0 Å². The molecule has 0 fully saturated rings.